The fourth-order valence-corrected chi connectivity index (χ4v) is 5.62. The first-order valence-corrected chi connectivity index (χ1v) is 11.8. The standard InChI is InChI=1S/C24H25ClN2O3S/c25-20-7-9-21(10-8-20)30-18-23(29)26-14-12-24(13-15-26)27(16-17-31-24)22(28)11-6-19-4-2-1-3-5-19/h1-11H,12-18H2/b11-6+. The van der Waals surface area contributed by atoms with Gasteiger partial charge in [-0.15, -0.1) is 11.8 Å². The van der Waals surface area contributed by atoms with Gasteiger partial charge in [-0.25, -0.2) is 0 Å². The lowest BCUT2D eigenvalue weighted by Crippen LogP contribution is -2.53. The highest BCUT2D eigenvalue weighted by Gasteiger charge is 2.46. The summed E-state index contributed by atoms with van der Waals surface area (Å²) in [6.45, 7) is 2.00. The molecule has 31 heavy (non-hydrogen) atoms. The molecule has 0 unspecified atom stereocenters. The predicted molar refractivity (Wildman–Crippen MR) is 125 cm³/mol. The van der Waals surface area contributed by atoms with Gasteiger partial charge in [0, 0.05) is 36.5 Å². The van der Waals surface area contributed by atoms with Crippen molar-refractivity contribution in [3.8, 4) is 5.75 Å². The lowest BCUT2D eigenvalue weighted by atomic mass is 10.0. The molecule has 0 saturated carbocycles. The number of ether oxygens (including phenoxy) is 1. The first kappa shape index (κ1) is 21.8. The number of likely N-dealkylation sites (tertiary alicyclic amines) is 1. The Bertz CT molecular complexity index is 941. The molecule has 2 aliphatic heterocycles. The number of rotatable bonds is 5. The topological polar surface area (TPSA) is 49.9 Å². The predicted octanol–water partition coefficient (Wildman–Crippen LogP) is 4.33. The van der Waals surface area contributed by atoms with Gasteiger partial charge in [0.15, 0.2) is 6.61 Å². The number of hydrogen-bond acceptors (Lipinski definition) is 4. The average Bonchev–Trinajstić information content (AvgIpc) is 3.21. The van der Waals surface area contributed by atoms with E-state index in [0.29, 0.717) is 23.9 Å². The van der Waals surface area contributed by atoms with Crippen LogP contribution in [0.3, 0.4) is 0 Å². The van der Waals surface area contributed by atoms with Crippen molar-refractivity contribution in [1.82, 2.24) is 9.80 Å². The number of thioether (sulfide) groups is 1. The highest BCUT2D eigenvalue weighted by molar-refractivity contribution is 8.00. The first-order valence-electron chi connectivity index (χ1n) is 10.4. The van der Waals surface area contributed by atoms with Crippen LogP contribution in [0, 0.1) is 0 Å². The second kappa shape index (κ2) is 9.79. The van der Waals surface area contributed by atoms with Crippen LogP contribution >= 0.6 is 23.4 Å². The number of benzene rings is 2. The van der Waals surface area contributed by atoms with Gasteiger partial charge in [0.2, 0.25) is 5.91 Å². The van der Waals surface area contributed by atoms with Gasteiger partial charge in [-0.3, -0.25) is 9.59 Å². The van der Waals surface area contributed by atoms with E-state index in [1.807, 2.05) is 58.0 Å². The molecule has 1 spiro atoms. The van der Waals surface area contributed by atoms with Crippen LogP contribution in [-0.2, 0) is 9.59 Å². The Morgan fingerprint density at radius 2 is 1.74 bits per heavy atom. The molecule has 162 valence electrons. The number of hydrogen-bond donors (Lipinski definition) is 0. The largest absolute Gasteiger partial charge is 0.484 e. The molecule has 4 rings (SSSR count). The van der Waals surface area contributed by atoms with Crippen LogP contribution in [0.4, 0.5) is 0 Å². The van der Waals surface area contributed by atoms with E-state index >= 15 is 0 Å². The van der Waals surface area contributed by atoms with E-state index < -0.39 is 0 Å². The highest BCUT2D eigenvalue weighted by Crippen LogP contribution is 2.44. The lowest BCUT2D eigenvalue weighted by Gasteiger charge is -2.43. The van der Waals surface area contributed by atoms with Gasteiger partial charge in [-0.1, -0.05) is 41.9 Å². The molecule has 2 aromatic rings. The van der Waals surface area contributed by atoms with E-state index in [4.69, 9.17) is 16.3 Å². The van der Waals surface area contributed by atoms with Crippen LogP contribution < -0.4 is 4.74 Å². The second-order valence-corrected chi connectivity index (χ2v) is 9.55. The Morgan fingerprint density at radius 3 is 2.45 bits per heavy atom. The minimum atomic E-state index is -0.216. The van der Waals surface area contributed by atoms with Gasteiger partial charge in [-0.05, 0) is 48.7 Å². The number of carbonyl (C=O) groups is 2. The molecule has 2 heterocycles. The summed E-state index contributed by atoms with van der Waals surface area (Å²) in [7, 11) is 0. The molecule has 5 nitrogen and oxygen atoms in total. The molecule has 2 aromatic carbocycles. The maximum Gasteiger partial charge on any atom is 0.260 e. The monoisotopic (exact) mass is 456 g/mol. The van der Waals surface area contributed by atoms with Crippen molar-refractivity contribution in [1.29, 1.82) is 0 Å². The number of amides is 2. The van der Waals surface area contributed by atoms with Crippen LogP contribution in [0.1, 0.15) is 18.4 Å². The third-order valence-electron chi connectivity index (χ3n) is 5.73. The third kappa shape index (κ3) is 5.25. The molecule has 2 aliphatic rings. The normalized spacial score (nSPS) is 18.0. The number of carbonyl (C=O) groups excluding carboxylic acids is 2. The summed E-state index contributed by atoms with van der Waals surface area (Å²) in [4.78, 5) is 29.1. The smallest absolute Gasteiger partial charge is 0.260 e. The van der Waals surface area contributed by atoms with Gasteiger partial charge < -0.3 is 14.5 Å². The van der Waals surface area contributed by atoms with Crippen molar-refractivity contribution in [2.75, 3.05) is 32.0 Å². The Labute approximate surface area is 192 Å². The lowest BCUT2D eigenvalue weighted by molar-refractivity contribution is -0.136. The Morgan fingerprint density at radius 1 is 1.03 bits per heavy atom. The maximum absolute atomic E-state index is 12.9. The minimum absolute atomic E-state index is 0.00420. The Hall–Kier alpha value is -2.44. The molecule has 2 fully saturated rings. The van der Waals surface area contributed by atoms with Crippen LogP contribution in [0.5, 0.6) is 5.75 Å². The molecule has 0 aromatic heterocycles. The fraction of sp³-hybridized carbons (Fsp3) is 0.333. The molecule has 2 saturated heterocycles. The van der Waals surface area contributed by atoms with Gasteiger partial charge >= 0.3 is 0 Å². The summed E-state index contributed by atoms with van der Waals surface area (Å²) in [5.41, 5.74) is 1.01. The van der Waals surface area contributed by atoms with E-state index in [1.165, 1.54) is 0 Å². The van der Waals surface area contributed by atoms with E-state index in [0.717, 1.165) is 30.7 Å². The third-order valence-corrected chi connectivity index (χ3v) is 7.54. The average molecular weight is 457 g/mol. The van der Waals surface area contributed by atoms with Gasteiger partial charge in [0.05, 0.1) is 4.87 Å². The van der Waals surface area contributed by atoms with Crippen molar-refractivity contribution < 1.29 is 14.3 Å². The van der Waals surface area contributed by atoms with Gasteiger partial charge in [-0.2, -0.15) is 0 Å². The molecule has 0 atom stereocenters. The van der Waals surface area contributed by atoms with Gasteiger partial charge in [0.25, 0.3) is 5.91 Å². The number of piperidine rings is 1. The van der Waals surface area contributed by atoms with Crippen LogP contribution in [0.15, 0.2) is 60.7 Å². The summed E-state index contributed by atoms with van der Waals surface area (Å²) in [5, 5.41) is 0.631. The van der Waals surface area contributed by atoms with Crippen molar-refractivity contribution in [2.24, 2.45) is 0 Å². The zero-order chi connectivity index (χ0) is 21.7. The molecular formula is C24H25ClN2O3S. The van der Waals surface area contributed by atoms with Gasteiger partial charge in [0.1, 0.15) is 5.75 Å². The van der Waals surface area contributed by atoms with E-state index in [2.05, 4.69) is 0 Å². The molecule has 0 bridgehead atoms. The van der Waals surface area contributed by atoms with Crippen molar-refractivity contribution in [3.05, 3.63) is 71.3 Å². The molecule has 0 N–H and O–H groups in total. The summed E-state index contributed by atoms with van der Waals surface area (Å²) in [6.07, 6.45) is 5.08. The van der Waals surface area contributed by atoms with E-state index in [9.17, 15) is 9.59 Å². The second-order valence-electron chi connectivity index (χ2n) is 7.65. The summed E-state index contributed by atoms with van der Waals surface area (Å²) in [5.74, 6) is 1.56. The summed E-state index contributed by atoms with van der Waals surface area (Å²) >= 11 is 7.71. The number of halogens is 1. The fourth-order valence-electron chi connectivity index (χ4n) is 4.03. The molecular weight excluding hydrogens is 432 g/mol. The SMILES string of the molecule is O=C(COc1ccc(Cl)cc1)N1CCC2(CC1)SCCN2C(=O)/C=C/c1ccccc1. The van der Waals surface area contributed by atoms with Crippen LogP contribution in [-0.4, -0.2) is 58.5 Å². The first-order chi connectivity index (χ1) is 15.1. The van der Waals surface area contributed by atoms with Crippen LogP contribution in [0.2, 0.25) is 5.02 Å². The minimum Gasteiger partial charge on any atom is -0.484 e. The zero-order valence-electron chi connectivity index (χ0n) is 17.2. The number of nitrogens with zero attached hydrogens (tertiary/aromatic N) is 2. The molecule has 0 aliphatic carbocycles. The quantitative estimate of drug-likeness (QED) is 0.628. The Kier molecular flexibility index (Phi) is 6.88. The molecule has 0 radical (unpaired) electrons. The van der Waals surface area contributed by atoms with E-state index in [1.54, 1.807) is 30.3 Å². The van der Waals surface area contributed by atoms with E-state index in [-0.39, 0.29) is 23.3 Å². The maximum atomic E-state index is 12.9. The molecule has 7 heteroatoms. The van der Waals surface area contributed by atoms with Crippen molar-refractivity contribution in [3.63, 3.8) is 0 Å². The Balaban J connectivity index is 1.31. The molecule has 2 amide bonds. The van der Waals surface area contributed by atoms with Crippen LogP contribution in [0.25, 0.3) is 6.08 Å². The summed E-state index contributed by atoms with van der Waals surface area (Å²) in [6, 6.07) is 16.8. The van der Waals surface area contributed by atoms with Crippen molar-refractivity contribution in [2.45, 2.75) is 17.7 Å². The zero-order valence-corrected chi connectivity index (χ0v) is 18.8. The highest BCUT2D eigenvalue weighted by atomic mass is 35.5. The van der Waals surface area contributed by atoms with Crippen molar-refractivity contribution >= 4 is 41.3 Å². The summed E-state index contributed by atoms with van der Waals surface area (Å²) < 4.78 is 5.60.